The minimum Gasteiger partial charge on any atom is -0.459 e. The first kappa shape index (κ1) is 24.7. The summed E-state index contributed by atoms with van der Waals surface area (Å²) in [7, 11) is 1.72. The van der Waals surface area contributed by atoms with Crippen molar-refractivity contribution in [2.45, 2.75) is 58.7 Å². The second kappa shape index (κ2) is 11.6. The molecule has 1 aromatic carbocycles. The van der Waals surface area contributed by atoms with Gasteiger partial charge in [-0.05, 0) is 51.7 Å². The molecular weight excluding hydrogens is 467 g/mol. The van der Waals surface area contributed by atoms with Crippen LogP contribution in [0.25, 0.3) is 0 Å². The van der Waals surface area contributed by atoms with Crippen LogP contribution in [0, 0.1) is 6.92 Å². The van der Waals surface area contributed by atoms with Crippen LogP contribution in [0.15, 0.2) is 29.3 Å². The molecule has 28 heavy (non-hydrogen) atoms. The molecule has 1 aromatic rings. The molecule has 2 N–H and O–H groups in total. The van der Waals surface area contributed by atoms with Crippen LogP contribution in [0.4, 0.5) is 0 Å². The Bertz CT molecular complexity index is 650. The molecule has 0 unspecified atom stereocenters. The van der Waals surface area contributed by atoms with E-state index < -0.39 is 5.60 Å². The second-order valence-electron chi connectivity index (χ2n) is 8.13. The standard InChI is InChI=1S/C21H34N4O2.HI/c1-16-8-6-7-9-17(16)15-25-12-10-18(11-13-25)24-20(22-5)23-14-19(26)27-21(2,3)4;/h6-9,18H,10-15H2,1-5H3,(H2,22,23,24);1H. The number of carbonyl (C=O) groups excluding carboxylic acids is 1. The van der Waals surface area contributed by atoms with Crippen molar-refractivity contribution in [3.8, 4) is 0 Å². The van der Waals surface area contributed by atoms with Crippen molar-refractivity contribution in [3.05, 3.63) is 35.4 Å². The monoisotopic (exact) mass is 502 g/mol. The topological polar surface area (TPSA) is 66.0 Å². The molecule has 0 aromatic heterocycles. The Morgan fingerprint density at radius 2 is 1.89 bits per heavy atom. The first-order valence-corrected chi connectivity index (χ1v) is 9.73. The summed E-state index contributed by atoms with van der Waals surface area (Å²) in [5.41, 5.74) is 2.28. The highest BCUT2D eigenvalue weighted by Crippen LogP contribution is 2.16. The SMILES string of the molecule is CN=C(NCC(=O)OC(C)(C)C)NC1CCN(Cc2ccccc2C)CC1.I. The van der Waals surface area contributed by atoms with E-state index in [1.165, 1.54) is 11.1 Å². The minimum absolute atomic E-state index is 0. The number of nitrogens with zero attached hydrogens (tertiary/aromatic N) is 2. The zero-order valence-electron chi connectivity index (χ0n) is 17.7. The fourth-order valence-electron chi connectivity index (χ4n) is 3.19. The van der Waals surface area contributed by atoms with Gasteiger partial charge in [0.25, 0.3) is 0 Å². The van der Waals surface area contributed by atoms with Crippen molar-refractivity contribution in [2.24, 2.45) is 4.99 Å². The molecule has 0 aliphatic carbocycles. The lowest BCUT2D eigenvalue weighted by molar-refractivity contribution is -0.153. The number of hydrogen-bond donors (Lipinski definition) is 2. The van der Waals surface area contributed by atoms with Gasteiger partial charge in [-0.2, -0.15) is 0 Å². The highest BCUT2D eigenvalue weighted by atomic mass is 127. The number of halogens is 1. The van der Waals surface area contributed by atoms with Crippen molar-refractivity contribution in [1.82, 2.24) is 15.5 Å². The number of likely N-dealkylation sites (tertiary alicyclic amines) is 1. The third kappa shape index (κ3) is 8.77. The normalized spacial score (nSPS) is 16.2. The molecule has 1 aliphatic heterocycles. The van der Waals surface area contributed by atoms with E-state index in [9.17, 15) is 4.79 Å². The van der Waals surface area contributed by atoms with Crippen molar-refractivity contribution in [3.63, 3.8) is 0 Å². The van der Waals surface area contributed by atoms with E-state index in [1.807, 2.05) is 20.8 Å². The van der Waals surface area contributed by atoms with Crippen LogP contribution < -0.4 is 10.6 Å². The lowest BCUT2D eigenvalue weighted by Crippen LogP contribution is -2.49. The Morgan fingerprint density at radius 3 is 2.46 bits per heavy atom. The smallest absolute Gasteiger partial charge is 0.325 e. The molecule has 6 nitrogen and oxygen atoms in total. The minimum atomic E-state index is -0.473. The molecule has 0 amide bonds. The van der Waals surface area contributed by atoms with Crippen LogP contribution in [0.2, 0.25) is 0 Å². The van der Waals surface area contributed by atoms with Crippen molar-refractivity contribution < 1.29 is 9.53 Å². The van der Waals surface area contributed by atoms with Gasteiger partial charge in [0, 0.05) is 32.7 Å². The molecule has 1 aliphatic rings. The fraction of sp³-hybridized carbons (Fsp3) is 0.619. The molecule has 7 heteroatoms. The third-order valence-corrected chi connectivity index (χ3v) is 4.63. The van der Waals surface area contributed by atoms with Gasteiger partial charge in [-0.25, -0.2) is 0 Å². The first-order valence-electron chi connectivity index (χ1n) is 9.73. The molecule has 1 saturated heterocycles. The van der Waals surface area contributed by atoms with Gasteiger partial charge >= 0.3 is 5.97 Å². The van der Waals surface area contributed by atoms with Gasteiger partial charge in [0.2, 0.25) is 0 Å². The number of piperidine rings is 1. The van der Waals surface area contributed by atoms with Crippen LogP contribution in [0.5, 0.6) is 0 Å². The van der Waals surface area contributed by atoms with Crippen LogP contribution >= 0.6 is 24.0 Å². The largest absolute Gasteiger partial charge is 0.459 e. The van der Waals surface area contributed by atoms with Crippen LogP contribution in [0.3, 0.4) is 0 Å². The Kier molecular flexibility index (Phi) is 10.2. The van der Waals surface area contributed by atoms with Gasteiger partial charge in [-0.1, -0.05) is 24.3 Å². The van der Waals surface area contributed by atoms with Gasteiger partial charge in [0.1, 0.15) is 12.1 Å². The van der Waals surface area contributed by atoms with Gasteiger partial charge in [-0.15, -0.1) is 24.0 Å². The number of aryl methyl sites for hydroxylation is 1. The van der Waals surface area contributed by atoms with Gasteiger partial charge in [0.15, 0.2) is 5.96 Å². The lowest BCUT2D eigenvalue weighted by Gasteiger charge is -2.33. The third-order valence-electron chi connectivity index (χ3n) is 4.63. The predicted molar refractivity (Wildman–Crippen MR) is 125 cm³/mol. The van der Waals surface area contributed by atoms with E-state index >= 15 is 0 Å². The van der Waals surface area contributed by atoms with Gasteiger partial charge < -0.3 is 15.4 Å². The molecule has 0 bridgehead atoms. The molecule has 1 fully saturated rings. The summed E-state index contributed by atoms with van der Waals surface area (Å²) in [4.78, 5) is 18.6. The lowest BCUT2D eigenvalue weighted by atomic mass is 10.0. The van der Waals surface area contributed by atoms with E-state index in [0.29, 0.717) is 12.0 Å². The number of hydrogen-bond acceptors (Lipinski definition) is 4. The molecule has 158 valence electrons. The van der Waals surface area contributed by atoms with E-state index in [-0.39, 0.29) is 36.5 Å². The highest BCUT2D eigenvalue weighted by molar-refractivity contribution is 14.0. The molecular formula is C21H35IN4O2. The van der Waals surface area contributed by atoms with Gasteiger partial charge in [0.05, 0.1) is 0 Å². The summed E-state index contributed by atoms with van der Waals surface area (Å²) in [5, 5.41) is 6.47. The molecule has 0 radical (unpaired) electrons. The quantitative estimate of drug-likeness (QED) is 0.281. The Morgan fingerprint density at radius 1 is 1.25 bits per heavy atom. The summed E-state index contributed by atoms with van der Waals surface area (Å²) in [5.74, 6) is 0.372. The first-order chi connectivity index (χ1) is 12.8. The van der Waals surface area contributed by atoms with E-state index in [0.717, 1.165) is 32.5 Å². The number of guanidine groups is 1. The van der Waals surface area contributed by atoms with Crippen molar-refractivity contribution in [1.29, 1.82) is 0 Å². The summed E-state index contributed by atoms with van der Waals surface area (Å²) >= 11 is 0. The summed E-state index contributed by atoms with van der Waals surface area (Å²) in [6, 6.07) is 8.94. The number of benzene rings is 1. The zero-order chi connectivity index (χ0) is 19.9. The van der Waals surface area contributed by atoms with Crippen LogP contribution in [0.1, 0.15) is 44.7 Å². The number of aliphatic imine (C=N–C) groups is 1. The molecule has 0 saturated carbocycles. The molecule has 2 rings (SSSR count). The Hall–Kier alpha value is -1.35. The average molecular weight is 502 g/mol. The average Bonchev–Trinajstić information content (AvgIpc) is 2.60. The summed E-state index contributed by atoms with van der Waals surface area (Å²) in [6.07, 6.45) is 2.11. The van der Waals surface area contributed by atoms with E-state index in [2.05, 4.69) is 51.7 Å². The van der Waals surface area contributed by atoms with Gasteiger partial charge in [-0.3, -0.25) is 14.7 Å². The fourth-order valence-corrected chi connectivity index (χ4v) is 3.19. The second-order valence-corrected chi connectivity index (χ2v) is 8.13. The van der Waals surface area contributed by atoms with E-state index in [1.54, 1.807) is 7.05 Å². The number of nitrogens with one attached hydrogen (secondary N) is 2. The number of ether oxygens (including phenoxy) is 1. The Labute approximate surface area is 186 Å². The van der Waals surface area contributed by atoms with Crippen molar-refractivity contribution >= 4 is 35.9 Å². The Balaban J connectivity index is 0.00000392. The maximum atomic E-state index is 11.8. The predicted octanol–water partition coefficient (Wildman–Crippen LogP) is 3.08. The summed E-state index contributed by atoms with van der Waals surface area (Å²) in [6.45, 7) is 11.0. The molecule has 1 heterocycles. The molecule has 0 atom stereocenters. The maximum absolute atomic E-state index is 11.8. The van der Waals surface area contributed by atoms with Crippen LogP contribution in [-0.4, -0.2) is 55.2 Å². The zero-order valence-corrected chi connectivity index (χ0v) is 20.1. The number of esters is 1. The highest BCUT2D eigenvalue weighted by Gasteiger charge is 2.21. The van der Waals surface area contributed by atoms with Crippen LogP contribution in [-0.2, 0) is 16.1 Å². The van der Waals surface area contributed by atoms with E-state index in [4.69, 9.17) is 4.74 Å². The number of carbonyl (C=O) groups is 1. The summed E-state index contributed by atoms with van der Waals surface area (Å²) < 4.78 is 5.31. The maximum Gasteiger partial charge on any atom is 0.325 e. The molecule has 0 spiro atoms. The number of rotatable bonds is 5. The van der Waals surface area contributed by atoms with Crippen molar-refractivity contribution in [2.75, 3.05) is 26.7 Å².